The average molecular weight is 395 g/mol. The first-order valence-corrected chi connectivity index (χ1v) is 10.6. The molecule has 0 radical (unpaired) electrons. The number of rotatable bonds is 5. The number of hydrogen-bond acceptors (Lipinski definition) is 5. The number of hydrogen-bond donors (Lipinski definition) is 0. The molecule has 0 bridgehead atoms. The topological polar surface area (TPSA) is 43.2 Å². The first kappa shape index (κ1) is 19.0. The summed E-state index contributed by atoms with van der Waals surface area (Å²) in [5.74, 6) is 1.77. The van der Waals surface area contributed by atoms with Gasteiger partial charge in [0, 0.05) is 18.8 Å². The Morgan fingerprint density at radius 3 is 2.25 bits per heavy atom. The molecule has 1 aliphatic heterocycles. The molecule has 2 heterocycles. The van der Waals surface area contributed by atoms with Crippen LogP contribution in [-0.2, 0) is 10.5 Å². The van der Waals surface area contributed by atoms with Crippen LogP contribution in [0.1, 0.15) is 22.3 Å². The van der Waals surface area contributed by atoms with E-state index >= 15 is 0 Å². The molecule has 146 valence electrons. The zero-order chi connectivity index (χ0) is 19.5. The van der Waals surface area contributed by atoms with Crippen molar-refractivity contribution in [1.29, 1.82) is 0 Å². The van der Waals surface area contributed by atoms with Crippen molar-refractivity contribution in [2.75, 3.05) is 31.2 Å². The minimum Gasteiger partial charge on any atom is -0.378 e. The normalized spacial score (nSPS) is 14.5. The van der Waals surface area contributed by atoms with Gasteiger partial charge in [-0.15, -0.1) is 10.2 Å². The highest BCUT2D eigenvalue weighted by Crippen LogP contribution is 2.29. The van der Waals surface area contributed by atoms with Crippen molar-refractivity contribution in [3.8, 4) is 5.69 Å². The molecule has 3 aromatic rings. The summed E-state index contributed by atoms with van der Waals surface area (Å²) in [6, 6.07) is 15.3. The molecule has 0 N–H and O–H groups in total. The van der Waals surface area contributed by atoms with Gasteiger partial charge in [0.25, 0.3) is 0 Å². The van der Waals surface area contributed by atoms with Crippen LogP contribution in [0.4, 0.5) is 5.95 Å². The Balaban J connectivity index is 1.66. The number of morpholine rings is 1. The second-order valence-corrected chi connectivity index (χ2v) is 8.28. The molecule has 4 rings (SSSR count). The molecular weight excluding hydrogens is 368 g/mol. The summed E-state index contributed by atoms with van der Waals surface area (Å²) < 4.78 is 7.69. The van der Waals surface area contributed by atoms with Gasteiger partial charge in [-0.3, -0.25) is 4.57 Å². The van der Waals surface area contributed by atoms with Crippen molar-refractivity contribution >= 4 is 17.7 Å². The highest BCUT2D eigenvalue weighted by atomic mass is 32.2. The number of benzene rings is 2. The van der Waals surface area contributed by atoms with Gasteiger partial charge >= 0.3 is 0 Å². The van der Waals surface area contributed by atoms with E-state index in [0.717, 1.165) is 48.8 Å². The minimum absolute atomic E-state index is 0.728. The predicted molar refractivity (Wildman–Crippen MR) is 115 cm³/mol. The lowest BCUT2D eigenvalue weighted by molar-refractivity contribution is 0.122. The number of nitrogens with zero attached hydrogens (tertiary/aromatic N) is 4. The van der Waals surface area contributed by atoms with Crippen molar-refractivity contribution in [2.24, 2.45) is 0 Å². The Bertz CT molecular complexity index is 925. The molecular formula is C22H26N4OS. The largest absolute Gasteiger partial charge is 0.378 e. The smallest absolute Gasteiger partial charge is 0.232 e. The van der Waals surface area contributed by atoms with Crippen LogP contribution in [0.15, 0.2) is 47.6 Å². The van der Waals surface area contributed by atoms with Crippen LogP contribution in [0, 0.1) is 20.8 Å². The molecule has 2 aromatic carbocycles. The molecule has 6 heteroatoms. The lowest BCUT2D eigenvalue weighted by Gasteiger charge is -2.28. The molecule has 0 unspecified atom stereocenters. The van der Waals surface area contributed by atoms with Gasteiger partial charge in [-0.05, 0) is 38.5 Å². The SMILES string of the molecule is Cc1ccc(-n2c(SCc3cc(C)cc(C)c3)nnc2N2CCOCC2)cc1. The summed E-state index contributed by atoms with van der Waals surface area (Å²) in [5, 5.41) is 10.0. The van der Waals surface area contributed by atoms with E-state index in [1.165, 1.54) is 22.3 Å². The van der Waals surface area contributed by atoms with Crippen LogP contribution in [-0.4, -0.2) is 41.1 Å². The Labute approximate surface area is 170 Å². The molecule has 5 nitrogen and oxygen atoms in total. The van der Waals surface area contributed by atoms with E-state index in [9.17, 15) is 0 Å². The van der Waals surface area contributed by atoms with Crippen LogP contribution in [0.3, 0.4) is 0 Å². The van der Waals surface area contributed by atoms with Gasteiger partial charge in [-0.1, -0.05) is 58.8 Å². The summed E-state index contributed by atoms with van der Waals surface area (Å²) >= 11 is 1.73. The molecule has 0 saturated carbocycles. The van der Waals surface area contributed by atoms with Gasteiger partial charge in [-0.2, -0.15) is 0 Å². The van der Waals surface area contributed by atoms with Crippen molar-refractivity contribution in [2.45, 2.75) is 31.7 Å². The lowest BCUT2D eigenvalue weighted by atomic mass is 10.1. The van der Waals surface area contributed by atoms with E-state index in [4.69, 9.17) is 4.74 Å². The van der Waals surface area contributed by atoms with E-state index in [1.54, 1.807) is 11.8 Å². The number of aryl methyl sites for hydroxylation is 3. The van der Waals surface area contributed by atoms with Gasteiger partial charge in [0.1, 0.15) is 0 Å². The number of ether oxygens (including phenoxy) is 1. The monoisotopic (exact) mass is 394 g/mol. The fraction of sp³-hybridized carbons (Fsp3) is 0.364. The van der Waals surface area contributed by atoms with Gasteiger partial charge in [-0.25, -0.2) is 0 Å². The third kappa shape index (κ3) is 4.23. The Morgan fingerprint density at radius 1 is 0.893 bits per heavy atom. The zero-order valence-corrected chi connectivity index (χ0v) is 17.5. The van der Waals surface area contributed by atoms with Gasteiger partial charge < -0.3 is 9.64 Å². The van der Waals surface area contributed by atoms with E-state index in [1.807, 2.05) is 0 Å². The Hall–Kier alpha value is -2.31. The number of thioether (sulfide) groups is 1. The van der Waals surface area contributed by atoms with Crippen molar-refractivity contribution in [3.05, 3.63) is 64.7 Å². The standard InChI is InChI=1S/C22H26N4OS/c1-16-4-6-20(7-5-16)26-21(25-8-10-27-11-9-25)23-24-22(26)28-15-19-13-17(2)12-18(3)14-19/h4-7,12-14H,8-11,15H2,1-3H3. The molecule has 0 spiro atoms. The molecule has 28 heavy (non-hydrogen) atoms. The van der Waals surface area contributed by atoms with Crippen molar-refractivity contribution in [3.63, 3.8) is 0 Å². The van der Waals surface area contributed by atoms with Crippen LogP contribution in [0.2, 0.25) is 0 Å². The number of anilines is 1. The predicted octanol–water partition coefficient (Wildman–Crippen LogP) is 4.32. The van der Waals surface area contributed by atoms with Crippen LogP contribution in [0.5, 0.6) is 0 Å². The Morgan fingerprint density at radius 2 is 1.57 bits per heavy atom. The molecule has 0 amide bonds. The fourth-order valence-electron chi connectivity index (χ4n) is 3.54. The van der Waals surface area contributed by atoms with Crippen molar-refractivity contribution < 1.29 is 4.74 Å². The maximum atomic E-state index is 5.51. The van der Waals surface area contributed by atoms with E-state index in [-0.39, 0.29) is 0 Å². The zero-order valence-electron chi connectivity index (χ0n) is 16.7. The van der Waals surface area contributed by atoms with Gasteiger partial charge in [0.2, 0.25) is 5.95 Å². The maximum absolute atomic E-state index is 5.51. The highest BCUT2D eigenvalue weighted by Gasteiger charge is 2.21. The van der Waals surface area contributed by atoms with E-state index in [0.29, 0.717) is 0 Å². The molecule has 1 aliphatic rings. The second-order valence-electron chi connectivity index (χ2n) is 7.34. The summed E-state index contributed by atoms with van der Waals surface area (Å²) in [5.41, 5.74) is 6.25. The molecule has 1 aromatic heterocycles. The van der Waals surface area contributed by atoms with Crippen LogP contribution in [0.25, 0.3) is 5.69 Å². The van der Waals surface area contributed by atoms with Gasteiger partial charge in [0.05, 0.1) is 18.9 Å². The van der Waals surface area contributed by atoms with Crippen LogP contribution >= 0.6 is 11.8 Å². The average Bonchev–Trinajstić information content (AvgIpc) is 3.11. The quantitative estimate of drug-likeness (QED) is 0.603. The molecule has 0 aliphatic carbocycles. The fourth-order valence-corrected chi connectivity index (χ4v) is 4.42. The number of aromatic nitrogens is 3. The minimum atomic E-state index is 0.728. The Kier molecular flexibility index (Phi) is 5.69. The first-order chi connectivity index (χ1) is 13.6. The molecule has 1 fully saturated rings. The third-order valence-electron chi connectivity index (χ3n) is 4.85. The molecule has 1 saturated heterocycles. The van der Waals surface area contributed by atoms with E-state index < -0.39 is 0 Å². The highest BCUT2D eigenvalue weighted by molar-refractivity contribution is 7.98. The second kappa shape index (κ2) is 8.37. The van der Waals surface area contributed by atoms with Gasteiger partial charge in [0.15, 0.2) is 5.16 Å². The summed E-state index contributed by atoms with van der Waals surface area (Å²) in [6.45, 7) is 9.53. The third-order valence-corrected chi connectivity index (χ3v) is 5.85. The van der Waals surface area contributed by atoms with E-state index in [2.05, 4.69) is 82.9 Å². The summed E-state index contributed by atoms with van der Waals surface area (Å²) in [7, 11) is 0. The summed E-state index contributed by atoms with van der Waals surface area (Å²) in [6.07, 6.45) is 0. The lowest BCUT2D eigenvalue weighted by Crippen LogP contribution is -2.37. The summed E-state index contributed by atoms with van der Waals surface area (Å²) in [4.78, 5) is 2.26. The van der Waals surface area contributed by atoms with Crippen LogP contribution < -0.4 is 4.90 Å². The first-order valence-electron chi connectivity index (χ1n) is 9.65. The maximum Gasteiger partial charge on any atom is 0.232 e. The molecule has 0 atom stereocenters. The van der Waals surface area contributed by atoms with Crippen molar-refractivity contribution in [1.82, 2.24) is 14.8 Å².